The molecule has 0 amide bonds. The molecule has 0 unspecified atom stereocenters. The van der Waals surface area contributed by atoms with Gasteiger partial charge in [0.15, 0.2) is 17.5 Å². The van der Waals surface area contributed by atoms with Crippen LogP contribution < -0.4 is 0 Å². The number of hydrogen-bond acceptors (Lipinski definition) is 3. The van der Waals surface area contributed by atoms with Gasteiger partial charge in [-0.25, -0.2) is 15.0 Å². The summed E-state index contributed by atoms with van der Waals surface area (Å²) in [7, 11) is 0. The van der Waals surface area contributed by atoms with Gasteiger partial charge in [0.25, 0.3) is 0 Å². The Hall–Kier alpha value is -6.97. The van der Waals surface area contributed by atoms with Crippen molar-refractivity contribution >= 4 is 43.1 Å². The Morgan fingerprint density at radius 3 is 1.46 bits per heavy atom. The largest absolute Gasteiger partial charge is 0.208 e. The average molecular weight is 662 g/mol. The SMILES string of the molecule is c1cc(-c2ccc(-c3cccc4ccccc34)cc2)cc(-c2nc(-c3ccc4ccccc4c3)nc(-c3ccc4c(ccc5ccccc54)c3)n2)c1. The van der Waals surface area contributed by atoms with E-state index in [2.05, 4.69) is 188 Å². The summed E-state index contributed by atoms with van der Waals surface area (Å²) in [4.78, 5) is 15.3. The van der Waals surface area contributed by atoms with Crippen LogP contribution in [-0.4, -0.2) is 15.0 Å². The number of fused-ring (bicyclic) bond motifs is 5. The van der Waals surface area contributed by atoms with Crippen molar-refractivity contribution in [2.24, 2.45) is 0 Å². The Kier molecular flexibility index (Phi) is 7.14. The Bertz CT molecular complexity index is 2960. The molecule has 0 aliphatic heterocycles. The second-order valence-corrected chi connectivity index (χ2v) is 13.3. The van der Waals surface area contributed by atoms with Gasteiger partial charge in [-0.3, -0.25) is 0 Å². The van der Waals surface area contributed by atoms with E-state index in [0.717, 1.165) is 38.6 Å². The molecule has 0 radical (unpaired) electrons. The summed E-state index contributed by atoms with van der Waals surface area (Å²) in [6.07, 6.45) is 0. The van der Waals surface area contributed by atoms with Crippen LogP contribution in [0.1, 0.15) is 0 Å². The molecule has 3 nitrogen and oxygen atoms in total. The maximum atomic E-state index is 5.13. The van der Waals surface area contributed by atoms with Gasteiger partial charge >= 0.3 is 0 Å². The molecule has 0 saturated carbocycles. The summed E-state index contributed by atoms with van der Waals surface area (Å²) < 4.78 is 0. The fraction of sp³-hybridized carbons (Fsp3) is 0. The lowest BCUT2D eigenvalue weighted by molar-refractivity contribution is 1.08. The van der Waals surface area contributed by atoms with E-state index in [4.69, 9.17) is 15.0 Å². The van der Waals surface area contributed by atoms with Gasteiger partial charge in [0.2, 0.25) is 0 Å². The van der Waals surface area contributed by atoms with Crippen molar-refractivity contribution in [3.05, 3.63) is 188 Å². The van der Waals surface area contributed by atoms with Crippen molar-refractivity contribution in [1.29, 1.82) is 0 Å². The monoisotopic (exact) mass is 661 g/mol. The molecule has 10 rings (SSSR count). The predicted octanol–water partition coefficient (Wildman–Crippen LogP) is 12.8. The van der Waals surface area contributed by atoms with Gasteiger partial charge in [0.1, 0.15) is 0 Å². The first-order valence-electron chi connectivity index (χ1n) is 17.6. The molecule has 9 aromatic carbocycles. The van der Waals surface area contributed by atoms with Crippen LogP contribution in [0.4, 0.5) is 0 Å². The Balaban J connectivity index is 1.08. The quantitative estimate of drug-likeness (QED) is 0.172. The average Bonchev–Trinajstić information content (AvgIpc) is 3.23. The molecular weight excluding hydrogens is 631 g/mol. The summed E-state index contributed by atoms with van der Waals surface area (Å²) in [5.41, 5.74) is 7.52. The summed E-state index contributed by atoms with van der Waals surface area (Å²) in [6, 6.07) is 66.6. The lowest BCUT2D eigenvalue weighted by atomic mass is 9.96. The Labute approximate surface area is 301 Å². The molecule has 0 aliphatic rings. The van der Waals surface area contributed by atoms with Crippen LogP contribution in [0, 0.1) is 0 Å². The molecule has 52 heavy (non-hydrogen) atoms. The van der Waals surface area contributed by atoms with Gasteiger partial charge in [-0.15, -0.1) is 0 Å². The lowest BCUT2D eigenvalue weighted by Crippen LogP contribution is -2.00. The minimum atomic E-state index is 0.640. The number of aromatic nitrogens is 3. The normalized spacial score (nSPS) is 11.5. The zero-order valence-electron chi connectivity index (χ0n) is 28.2. The van der Waals surface area contributed by atoms with Crippen LogP contribution in [0.25, 0.3) is 99.5 Å². The third-order valence-electron chi connectivity index (χ3n) is 10.1. The lowest BCUT2D eigenvalue weighted by Gasteiger charge is -2.12. The van der Waals surface area contributed by atoms with Crippen molar-refractivity contribution in [2.45, 2.75) is 0 Å². The Morgan fingerprint density at radius 2 is 0.692 bits per heavy atom. The molecule has 1 heterocycles. The third-order valence-corrected chi connectivity index (χ3v) is 10.1. The minimum absolute atomic E-state index is 0.640. The van der Waals surface area contributed by atoms with E-state index < -0.39 is 0 Å². The van der Waals surface area contributed by atoms with E-state index in [1.54, 1.807) is 0 Å². The van der Waals surface area contributed by atoms with Gasteiger partial charge in [0, 0.05) is 16.7 Å². The highest BCUT2D eigenvalue weighted by Gasteiger charge is 2.15. The maximum absolute atomic E-state index is 5.13. The van der Waals surface area contributed by atoms with Gasteiger partial charge < -0.3 is 0 Å². The molecule has 10 aromatic rings. The smallest absolute Gasteiger partial charge is 0.164 e. The van der Waals surface area contributed by atoms with Crippen LogP contribution >= 0.6 is 0 Å². The second kappa shape index (κ2) is 12.4. The van der Waals surface area contributed by atoms with E-state index in [-0.39, 0.29) is 0 Å². The number of hydrogen-bond donors (Lipinski definition) is 0. The molecule has 242 valence electrons. The van der Waals surface area contributed by atoms with Crippen molar-refractivity contribution in [3.63, 3.8) is 0 Å². The van der Waals surface area contributed by atoms with Crippen molar-refractivity contribution < 1.29 is 0 Å². The van der Waals surface area contributed by atoms with Gasteiger partial charge in [0.05, 0.1) is 0 Å². The minimum Gasteiger partial charge on any atom is -0.208 e. The van der Waals surface area contributed by atoms with Crippen LogP contribution in [0.15, 0.2) is 188 Å². The molecule has 0 spiro atoms. The molecule has 0 saturated heterocycles. The maximum Gasteiger partial charge on any atom is 0.164 e. The van der Waals surface area contributed by atoms with E-state index >= 15 is 0 Å². The standard InChI is InChI=1S/C49H31N3/c1-2-12-37-30-41(26-21-32(37)9-1)48-50-47(51-49(52-48)42-27-28-46-39(31-42)25-24-35-11-4-6-17-44(35)46)40-15-7-14-38(29-40)33-19-22-36(23-20-33)45-18-8-13-34-10-3-5-16-43(34)45/h1-31H. The van der Waals surface area contributed by atoms with E-state index in [1.165, 1.54) is 43.4 Å². The predicted molar refractivity (Wildman–Crippen MR) is 217 cm³/mol. The van der Waals surface area contributed by atoms with Crippen LogP contribution in [0.2, 0.25) is 0 Å². The Morgan fingerprint density at radius 1 is 0.231 bits per heavy atom. The summed E-state index contributed by atoms with van der Waals surface area (Å²) >= 11 is 0. The van der Waals surface area contributed by atoms with Gasteiger partial charge in [-0.2, -0.15) is 0 Å². The van der Waals surface area contributed by atoms with Gasteiger partial charge in [-0.1, -0.05) is 170 Å². The van der Waals surface area contributed by atoms with Crippen molar-refractivity contribution in [2.75, 3.05) is 0 Å². The van der Waals surface area contributed by atoms with E-state index in [1.807, 2.05) is 0 Å². The highest BCUT2D eigenvalue weighted by atomic mass is 15.0. The summed E-state index contributed by atoms with van der Waals surface area (Å²) in [6.45, 7) is 0. The van der Waals surface area contributed by atoms with Crippen LogP contribution in [0.5, 0.6) is 0 Å². The third kappa shape index (κ3) is 5.37. The topological polar surface area (TPSA) is 38.7 Å². The molecule has 0 N–H and O–H groups in total. The number of benzene rings is 9. The molecule has 0 fully saturated rings. The first-order valence-corrected chi connectivity index (χ1v) is 17.6. The number of nitrogens with zero attached hydrogens (tertiary/aromatic N) is 3. The molecule has 0 bridgehead atoms. The zero-order chi connectivity index (χ0) is 34.4. The van der Waals surface area contributed by atoms with Crippen LogP contribution in [-0.2, 0) is 0 Å². The molecule has 0 atom stereocenters. The fourth-order valence-corrected chi connectivity index (χ4v) is 7.40. The van der Waals surface area contributed by atoms with Gasteiger partial charge in [-0.05, 0) is 83.5 Å². The van der Waals surface area contributed by atoms with Crippen molar-refractivity contribution in [1.82, 2.24) is 15.0 Å². The number of rotatable bonds is 5. The highest BCUT2D eigenvalue weighted by molar-refractivity contribution is 6.08. The van der Waals surface area contributed by atoms with E-state index in [9.17, 15) is 0 Å². The highest BCUT2D eigenvalue weighted by Crippen LogP contribution is 2.34. The zero-order valence-corrected chi connectivity index (χ0v) is 28.2. The molecule has 3 heteroatoms. The fourth-order valence-electron chi connectivity index (χ4n) is 7.40. The summed E-state index contributed by atoms with van der Waals surface area (Å²) in [5, 5.41) is 9.66. The molecule has 0 aliphatic carbocycles. The van der Waals surface area contributed by atoms with Crippen molar-refractivity contribution in [3.8, 4) is 56.4 Å². The van der Waals surface area contributed by atoms with Crippen LogP contribution in [0.3, 0.4) is 0 Å². The molecular formula is C49H31N3. The first-order chi connectivity index (χ1) is 25.7. The molecule has 1 aromatic heterocycles. The second-order valence-electron chi connectivity index (χ2n) is 13.3. The van der Waals surface area contributed by atoms with E-state index in [0.29, 0.717) is 17.5 Å². The first kappa shape index (κ1) is 29.9. The summed E-state index contributed by atoms with van der Waals surface area (Å²) in [5.74, 6) is 1.93.